The van der Waals surface area contributed by atoms with Gasteiger partial charge in [0.25, 0.3) is 0 Å². The molecule has 15 heavy (non-hydrogen) atoms. The average Bonchev–Trinajstić information content (AvgIpc) is 2.14. The summed E-state index contributed by atoms with van der Waals surface area (Å²) in [6.07, 6.45) is -0.468. The normalized spacial score (nSPS) is 12.6. The number of rotatable bonds is 3. The molecule has 0 radical (unpaired) electrons. The molecule has 0 fully saturated rings. The zero-order chi connectivity index (χ0) is 11.6. The van der Waals surface area contributed by atoms with E-state index in [2.05, 4.69) is 4.74 Å². The molecule has 0 aliphatic carbocycles. The van der Waals surface area contributed by atoms with Gasteiger partial charge in [-0.3, -0.25) is 0 Å². The molecule has 0 aliphatic rings. The SMILES string of the molecule is COc1c(O)c(CC(C)O)cc(Cl)c1F. The van der Waals surface area contributed by atoms with Gasteiger partial charge in [0.1, 0.15) is 0 Å². The summed E-state index contributed by atoms with van der Waals surface area (Å²) >= 11 is 5.61. The van der Waals surface area contributed by atoms with Crippen LogP contribution in [0.2, 0.25) is 5.02 Å². The van der Waals surface area contributed by atoms with Crippen molar-refractivity contribution in [2.45, 2.75) is 19.4 Å². The number of phenols is 1. The molecule has 0 saturated carbocycles. The molecule has 0 bridgehead atoms. The Hall–Kier alpha value is -1.00. The molecule has 2 N–H and O–H groups in total. The molecule has 84 valence electrons. The number of aromatic hydroxyl groups is 1. The Bertz CT molecular complexity index is 366. The van der Waals surface area contributed by atoms with Crippen molar-refractivity contribution in [3.63, 3.8) is 0 Å². The quantitative estimate of drug-likeness (QED) is 0.842. The lowest BCUT2D eigenvalue weighted by Crippen LogP contribution is -2.05. The van der Waals surface area contributed by atoms with E-state index in [1.165, 1.54) is 13.2 Å². The second-order valence-electron chi connectivity index (χ2n) is 3.27. The lowest BCUT2D eigenvalue weighted by atomic mass is 10.1. The molecule has 0 aromatic heterocycles. The minimum absolute atomic E-state index is 0.139. The minimum Gasteiger partial charge on any atom is -0.504 e. The number of ether oxygens (including phenoxy) is 1. The highest BCUT2D eigenvalue weighted by atomic mass is 35.5. The molecular weight excluding hydrogens is 223 g/mol. The van der Waals surface area contributed by atoms with Gasteiger partial charge in [-0.05, 0) is 13.0 Å². The second kappa shape index (κ2) is 4.68. The van der Waals surface area contributed by atoms with Crippen LogP contribution in [-0.2, 0) is 6.42 Å². The first-order valence-electron chi connectivity index (χ1n) is 4.39. The van der Waals surface area contributed by atoms with Gasteiger partial charge < -0.3 is 14.9 Å². The van der Waals surface area contributed by atoms with Crippen molar-refractivity contribution in [2.75, 3.05) is 7.11 Å². The number of hydrogen-bond donors (Lipinski definition) is 2. The van der Waals surface area contributed by atoms with E-state index in [-0.39, 0.29) is 22.9 Å². The average molecular weight is 235 g/mol. The first-order chi connectivity index (χ1) is 6.97. The van der Waals surface area contributed by atoms with Crippen LogP contribution in [0.15, 0.2) is 6.07 Å². The summed E-state index contributed by atoms with van der Waals surface area (Å²) in [6, 6.07) is 1.28. The van der Waals surface area contributed by atoms with Crippen LogP contribution in [0.25, 0.3) is 0 Å². The minimum atomic E-state index is -0.800. The summed E-state index contributed by atoms with van der Waals surface area (Å²) in [5.41, 5.74) is 0.355. The number of halogens is 2. The third-order valence-corrected chi connectivity index (χ3v) is 2.22. The first-order valence-corrected chi connectivity index (χ1v) is 4.77. The van der Waals surface area contributed by atoms with E-state index in [0.717, 1.165) is 0 Å². The lowest BCUT2D eigenvalue weighted by molar-refractivity contribution is 0.194. The van der Waals surface area contributed by atoms with Crippen LogP contribution in [0, 0.1) is 5.82 Å². The zero-order valence-electron chi connectivity index (χ0n) is 8.42. The molecule has 1 unspecified atom stereocenters. The van der Waals surface area contributed by atoms with E-state index in [1.54, 1.807) is 6.92 Å². The highest BCUT2D eigenvalue weighted by Crippen LogP contribution is 2.37. The fraction of sp³-hybridized carbons (Fsp3) is 0.400. The van der Waals surface area contributed by atoms with Gasteiger partial charge in [-0.15, -0.1) is 0 Å². The van der Waals surface area contributed by atoms with Crippen molar-refractivity contribution < 1.29 is 19.3 Å². The standard InChI is InChI=1S/C10H12ClFO3/c1-5(13)3-6-4-7(11)8(12)10(15-2)9(6)14/h4-5,13-14H,3H2,1-2H3. The van der Waals surface area contributed by atoms with Crippen molar-refractivity contribution in [1.82, 2.24) is 0 Å². The molecular formula is C10H12ClFO3. The van der Waals surface area contributed by atoms with Gasteiger partial charge in [0.15, 0.2) is 17.3 Å². The third-order valence-electron chi connectivity index (χ3n) is 1.95. The molecule has 1 aromatic carbocycles. The van der Waals surface area contributed by atoms with E-state index < -0.39 is 11.9 Å². The first kappa shape index (κ1) is 12.1. The Morgan fingerprint density at radius 3 is 2.67 bits per heavy atom. The monoisotopic (exact) mass is 234 g/mol. The van der Waals surface area contributed by atoms with Gasteiger partial charge in [0.05, 0.1) is 18.2 Å². The maximum Gasteiger partial charge on any atom is 0.198 e. The fourth-order valence-electron chi connectivity index (χ4n) is 1.30. The maximum atomic E-state index is 13.3. The summed E-state index contributed by atoms with van der Waals surface area (Å²) < 4.78 is 18.0. The summed E-state index contributed by atoms with van der Waals surface area (Å²) in [5.74, 6) is -1.41. The smallest absolute Gasteiger partial charge is 0.198 e. The Kier molecular flexibility index (Phi) is 3.77. The van der Waals surface area contributed by atoms with Crippen LogP contribution < -0.4 is 4.74 Å². The van der Waals surface area contributed by atoms with Crippen LogP contribution in [0.1, 0.15) is 12.5 Å². The summed E-state index contributed by atoms with van der Waals surface area (Å²) in [6.45, 7) is 1.56. The Morgan fingerprint density at radius 1 is 1.60 bits per heavy atom. The Balaban J connectivity index is 3.24. The van der Waals surface area contributed by atoms with Gasteiger partial charge in [-0.2, -0.15) is 0 Å². The lowest BCUT2D eigenvalue weighted by Gasteiger charge is -2.12. The molecule has 1 rings (SSSR count). The molecule has 0 saturated heterocycles. The van der Waals surface area contributed by atoms with Crippen LogP contribution in [0.5, 0.6) is 11.5 Å². The van der Waals surface area contributed by atoms with Crippen molar-refractivity contribution in [2.24, 2.45) is 0 Å². The third kappa shape index (κ3) is 2.52. The van der Waals surface area contributed by atoms with Crippen molar-refractivity contribution in [3.8, 4) is 11.5 Å². The largest absolute Gasteiger partial charge is 0.504 e. The predicted octanol–water partition coefficient (Wildman–Crippen LogP) is 2.12. The maximum absolute atomic E-state index is 13.3. The molecule has 0 aliphatic heterocycles. The number of aliphatic hydroxyl groups excluding tert-OH is 1. The molecule has 1 aromatic rings. The van der Waals surface area contributed by atoms with E-state index in [0.29, 0.717) is 5.56 Å². The molecule has 0 heterocycles. The number of aliphatic hydroxyl groups is 1. The highest BCUT2D eigenvalue weighted by molar-refractivity contribution is 6.31. The van der Waals surface area contributed by atoms with Crippen LogP contribution in [0.3, 0.4) is 0 Å². The number of methoxy groups -OCH3 is 1. The van der Waals surface area contributed by atoms with Crippen LogP contribution >= 0.6 is 11.6 Å². The van der Waals surface area contributed by atoms with Gasteiger partial charge in [-0.25, -0.2) is 4.39 Å². The summed E-state index contributed by atoms with van der Waals surface area (Å²) in [4.78, 5) is 0. The molecule has 1 atom stereocenters. The molecule has 0 spiro atoms. The predicted molar refractivity (Wildman–Crippen MR) is 55.0 cm³/mol. The van der Waals surface area contributed by atoms with Gasteiger partial charge >= 0.3 is 0 Å². The van der Waals surface area contributed by atoms with E-state index in [4.69, 9.17) is 16.7 Å². The van der Waals surface area contributed by atoms with Crippen molar-refractivity contribution in [1.29, 1.82) is 0 Å². The van der Waals surface area contributed by atoms with Crippen LogP contribution in [-0.4, -0.2) is 23.4 Å². The highest BCUT2D eigenvalue weighted by Gasteiger charge is 2.18. The van der Waals surface area contributed by atoms with E-state index >= 15 is 0 Å². The van der Waals surface area contributed by atoms with E-state index in [1.807, 2.05) is 0 Å². The summed E-state index contributed by atoms with van der Waals surface area (Å²) in [5, 5.41) is 18.6. The molecule has 3 nitrogen and oxygen atoms in total. The van der Waals surface area contributed by atoms with E-state index in [9.17, 15) is 9.50 Å². The number of phenolic OH excluding ortho intramolecular Hbond substituents is 1. The van der Waals surface area contributed by atoms with Gasteiger partial charge in [0, 0.05) is 12.0 Å². The summed E-state index contributed by atoms with van der Waals surface area (Å²) in [7, 11) is 1.24. The van der Waals surface area contributed by atoms with Gasteiger partial charge in [-0.1, -0.05) is 11.6 Å². The molecule has 0 amide bonds. The fourth-order valence-corrected chi connectivity index (χ4v) is 1.52. The number of hydrogen-bond acceptors (Lipinski definition) is 3. The second-order valence-corrected chi connectivity index (χ2v) is 3.67. The van der Waals surface area contributed by atoms with Crippen molar-refractivity contribution in [3.05, 3.63) is 22.5 Å². The zero-order valence-corrected chi connectivity index (χ0v) is 9.18. The Morgan fingerprint density at radius 2 is 2.20 bits per heavy atom. The van der Waals surface area contributed by atoms with Crippen molar-refractivity contribution >= 4 is 11.6 Å². The van der Waals surface area contributed by atoms with Crippen LogP contribution in [0.4, 0.5) is 4.39 Å². The topological polar surface area (TPSA) is 49.7 Å². The van der Waals surface area contributed by atoms with Gasteiger partial charge in [0.2, 0.25) is 0 Å². The Labute approximate surface area is 92.1 Å². The number of benzene rings is 1. The molecule has 5 heteroatoms.